The van der Waals surface area contributed by atoms with Crippen LogP contribution in [0.5, 0.6) is 0 Å². The van der Waals surface area contributed by atoms with Crippen LogP contribution < -0.4 is 0 Å². The van der Waals surface area contributed by atoms with Crippen LogP contribution in [0, 0.1) is 19.3 Å². The zero-order valence-corrected chi connectivity index (χ0v) is 10.3. The molecule has 1 saturated carbocycles. The highest BCUT2D eigenvalue weighted by molar-refractivity contribution is 4.74. The van der Waals surface area contributed by atoms with E-state index in [2.05, 4.69) is 13.3 Å². The number of hydrogen-bond acceptors (Lipinski definition) is 0. The van der Waals surface area contributed by atoms with Crippen molar-refractivity contribution in [1.82, 2.24) is 0 Å². The second kappa shape index (κ2) is 9.24. The van der Waals surface area contributed by atoms with Crippen LogP contribution >= 0.6 is 0 Å². The summed E-state index contributed by atoms with van der Waals surface area (Å²) in [5.41, 5.74) is 0. The molecule has 88 valence electrons. The molecule has 0 aromatic carbocycles. The lowest BCUT2D eigenvalue weighted by molar-refractivity contribution is 0.381. The van der Waals surface area contributed by atoms with Gasteiger partial charge in [-0.2, -0.15) is 0 Å². The van der Waals surface area contributed by atoms with E-state index in [9.17, 15) is 0 Å². The standard InChI is InChI=1S/C15H28/c1-2-3-4-6-9-12-15-13-10-7-5-8-11-14-15/h10,15H,1-9,11-14H2. The molecule has 0 aromatic rings. The van der Waals surface area contributed by atoms with Crippen LogP contribution in [0.4, 0.5) is 0 Å². The highest BCUT2D eigenvalue weighted by atomic mass is 14.2. The van der Waals surface area contributed by atoms with Crippen molar-refractivity contribution in [3.8, 4) is 0 Å². The van der Waals surface area contributed by atoms with E-state index in [1.807, 2.05) is 0 Å². The van der Waals surface area contributed by atoms with Crippen molar-refractivity contribution in [3.63, 3.8) is 0 Å². The van der Waals surface area contributed by atoms with E-state index in [0.29, 0.717) is 0 Å². The largest absolute Gasteiger partial charge is 0.0533 e. The lowest BCUT2D eigenvalue weighted by Crippen LogP contribution is -2.04. The molecule has 0 saturated heterocycles. The van der Waals surface area contributed by atoms with E-state index in [4.69, 9.17) is 0 Å². The lowest BCUT2D eigenvalue weighted by Gasteiger charge is -2.19. The molecule has 2 radical (unpaired) electrons. The van der Waals surface area contributed by atoms with Crippen molar-refractivity contribution < 1.29 is 0 Å². The quantitative estimate of drug-likeness (QED) is 0.517. The second-order valence-corrected chi connectivity index (χ2v) is 5.08. The average Bonchev–Trinajstić information content (AvgIpc) is 2.20. The Morgan fingerprint density at radius 1 is 1.00 bits per heavy atom. The van der Waals surface area contributed by atoms with Gasteiger partial charge < -0.3 is 0 Å². The van der Waals surface area contributed by atoms with Gasteiger partial charge in [-0.15, -0.1) is 0 Å². The van der Waals surface area contributed by atoms with Crippen LogP contribution in [-0.4, -0.2) is 0 Å². The average molecular weight is 208 g/mol. The van der Waals surface area contributed by atoms with Gasteiger partial charge in [0, 0.05) is 0 Å². The minimum Gasteiger partial charge on any atom is -0.0533 e. The Kier molecular flexibility index (Phi) is 8.05. The van der Waals surface area contributed by atoms with Gasteiger partial charge in [0.05, 0.1) is 0 Å². The summed E-state index contributed by atoms with van der Waals surface area (Å²) in [5, 5.41) is 0. The summed E-state index contributed by atoms with van der Waals surface area (Å²) in [4.78, 5) is 0. The highest BCUT2D eigenvalue weighted by Gasteiger charge is 2.10. The van der Waals surface area contributed by atoms with Crippen molar-refractivity contribution in [2.45, 2.75) is 77.0 Å². The van der Waals surface area contributed by atoms with Gasteiger partial charge in [0.15, 0.2) is 0 Å². The van der Waals surface area contributed by atoms with Crippen molar-refractivity contribution in [1.29, 1.82) is 0 Å². The minimum atomic E-state index is 1.02. The van der Waals surface area contributed by atoms with E-state index in [1.165, 1.54) is 70.6 Å². The first-order valence-electron chi connectivity index (χ1n) is 7.04. The molecule has 0 aliphatic heterocycles. The normalized spacial score (nSPS) is 19.8. The first kappa shape index (κ1) is 13.1. The van der Waals surface area contributed by atoms with Crippen molar-refractivity contribution in [2.75, 3.05) is 0 Å². The molecule has 0 heterocycles. The molecule has 0 nitrogen and oxygen atoms in total. The molecular formula is C15H28. The van der Waals surface area contributed by atoms with Crippen molar-refractivity contribution >= 4 is 0 Å². The fourth-order valence-electron chi connectivity index (χ4n) is 2.60. The Hall–Kier alpha value is 0. The summed E-state index contributed by atoms with van der Waals surface area (Å²) in [5.74, 6) is 1.02. The number of hydrogen-bond donors (Lipinski definition) is 0. The van der Waals surface area contributed by atoms with Crippen LogP contribution in [0.25, 0.3) is 0 Å². The van der Waals surface area contributed by atoms with Crippen molar-refractivity contribution in [3.05, 3.63) is 13.3 Å². The molecule has 1 unspecified atom stereocenters. The molecule has 1 rings (SSSR count). The molecule has 0 aromatic heterocycles. The second-order valence-electron chi connectivity index (χ2n) is 5.08. The molecule has 0 heteroatoms. The van der Waals surface area contributed by atoms with E-state index in [-0.39, 0.29) is 0 Å². The summed E-state index contributed by atoms with van der Waals surface area (Å²) >= 11 is 0. The van der Waals surface area contributed by atoms with E-state index in [0.717, 1.165) is 12.3 Å². The maximum absolute atomic E-state index is 3.89. The third kappa shape index (κ3) is 6.98. The maximum atomic E-state index is 3.89. The van der Waals surface area contributed by atoms with E-state index < -0.39 is 0 Å². The first-order valence-corrected chi connectivity index (χ1v) is 7.04. The minimum absolute atomic E-state index is 1.02. The van der Waals surface area contributed by atoms with Gasteiger partial charge in [-0.05, 0) is 18.8 Å². The summed E-state index contributed by atoms with van der Waals surface area (Å²) in [6.07, 6.45) is 19.4. The Balaban J connectivity index is 1.97. The van der Waals surface area contributed by atoms with Gasteiger partial charge in [-0.1, -0.05) is 77.6 Å². The Labute approximate surface area is 96.8 Å². The molecule has 0 amide bonds. The molecule has 1 atom stereocenters. The molecule has 0 spiro atoms. The molecule has 1 fully saturated rings. The number of unbranched alkanes of at least 4 members (excludes halogenated alkanes) is 4. The van der Waals surface area contributed by atoms with Gasteiger partial charge in [0.25, 0.3) is 0 Å². The van der Waals surface area contributed by atoms with Crippen LogP contribution in [-0.2, 0) is 0 Å². The monoisotopic (exact) mass is 208 g/mol. The van der Waals surface area contributed by atoms with Crippen LogP contribution in [0.1, 0.15) is 77.0 Å². The molecule has 15 heavy (non-hydrogen) atoms. The highest BCUT2D eigenvalue weighted by Crippen LogP contribution is 2.26. The van der Waals surface area contributed by atoms with Gasteiger partial charge in [0.1, 0.15) is 0 Å². The molecular weight excluding hydrogens is 180 g/mol. The third-order valence-electron chi connectivity index (χ3n) is 3.63. The molecule has 1 aliphatic carbocycles. The number of rotatable bonds is 6. The van der Waals surface area contributed by atoms with Crippen LogP contribution in [0.2, 0.25) is 0 Å². The Morgan fingerprint density at radius 2 is 1.87 bits per heavy atom. The molecule has 0 N–H and O–H groups in total. The summed E-state index contributed by atoms with van der Waals surface area (Å²) < 4.78 is 0. The smallest absolute Gasteiger partial charge is 0.0383 e. The predicted molar refractivity (Wildman–Crippen MR) is 68.6 cm³/mol. The summed E-state index contributed by atoms with van der Waals surface area (Å²) in [6.45, 7) is 3.89. The van der Waals surface area contributed by atoms with Gasteiger partial charge in [-0.3, -0.25) is 0 Å². The fourth-order valence-corrected chi connectivity index (χ4v) is 2.60. The summed E-state index contributed by atoms with van der Waals surface area (Å²) in [6, 6.07) is 0. The zero-order valence-electron chi connectivity index (χ0n) is 10.3. The Bertz CT molecular complexity index is 120. The molecule has 1 aliphatic rings. The first-order chi connectivity index (χ1) is 7.43. The summed E-state index contributed by atoms with van der Waals surface area (Å²) in [7, 11) is 0. The van der Waals surface area contributed by atoms with Crippen LogP contribution in [0.15, 0.2) is 0 Å². The van der Waals surface area contributed by atoms with Gasteiger partial charge >= 0.3 is 0 Å². The Morgan fingerprint density at radius 3 is 2.73 bits per heavy atom. The third-order valence-corrected chi connectivity index (χ3v) is 3.63. The van der Waals surface area contributed by atoms with E-state index >= 15 is 0 Å². The predicted octanol–water partition coefficient (Wildman–Crippen LogP) is 5.34. The zero-order chi connectivity index (χ0) is 10.8. The molecule has 0 bridgehead atoms. The topological polar surface area (TPSA) is 0 Å². The van der Waals surface area contributed by atoms with Crippen molar-refractivity contribution in [2.24, 2.45) is 5.92 Å². The fraction of sp³-hybridized carbons (Fsp3) is 0.867. The van der Waals surface area contributed by atoms with E-state index in [1.54, 1.807) is 0 Å². The lowest BCUT2D eigenvalue weighted by atomic mass is 9.87. The SMILES string of the molecule is [CH2]CCCCCCC1C[CH]CCCCC1. The van der Waals surface area contributed by atoms with Gasteiger partial charge in [-0.25, -0.2) is 0 Å². The van der Waals surface area contributed by atoms with Gasteiger partial charge in [0.2, 0.25) is 0 Å². The maximum Gasteiger partial charge on any atom is -0.0383 e. The van der Waals surface area contributed by atoms with Crippen LogP contribution in [0.3, 0.4) is 0 Å².